The van der Waals surface area contributed by atoms with Crippen LogP contribution in [0, 0.1) is 0 Å². The Bertz CT molecular complexity index is 706. The average Bonchev–Trinajstić information content (AvgIpc) is 2.80. The molecule has 0 aromatic carbocycles. The van der Waals surface area contributed by atoms with Gasteiger partial charge < -0.3 is 10.1 Å². The molecule has 1 aliphatic rings. The minimum absolute atomic E-state index is 0.277. The minimum atomic E-state index is -3.04. The summed E-state index contributed by atoms with van der Waals surface area (Å²) in [4.78, 5) is 4.45. The third-order valence-electron chi connectivity index (χ3n) is 3.68. The van der Waals surface area contributed by atoms with E-state index in [1.807, 2.05) is 28.9 Å². The zero-order valence-corrected chi connectivity index (χ0v) is 11.4. The van der Waals surface area contributed by atoms with Gasteiger partial charge in [-0.25, -0.2) is 13.4 Å². The lowest BCUT2D eigenvalue weighted by Crippen LogP contribution is -2.21. The summed E-state index contributed by atoms with van der Waals surface area (Å²) in [5, 5.41) is -0.442. The highest BCUT2D eigenvalue weighted by Crippen LogP contribution is 2.32. The zero-order chi connectivity index (χ0) is 13.5. The highest BCUT2D eigenvalue weighted by atomic mass is 32.2. The Kier molecular flexibility index (Phi) is 3.06. The van der Waals surface area contributed by atoms with E-state index < -0.39 is 15.1 Å². The molecule has 0 amide bonds. The number of pyridine rings is 1. The summed E-state index contributed by atoms with van der Waals surface area (Å²) < 4.78 is 26.1. The van der Waals surface area contributed by atoms with Gasteiger partial charge in [-0.2, -0.15) is 0 Å². The molecule has 0 radical (unpaired) electrons. The molecule has 0 bridgehead atoms. The summed E-state index contributed by atoms with van der Waals surface area (Å²) in [5.41, 5.74) is 8.04. The average molecular weight is 279 g/mol. The van der Waals surface area contributed by atoms with Gasteiger partial charge in [0, 0.05) is 18.9 Å². The van der Waals surface area contributed by atoms with Crippen LogP contribution in [0.3, 0.4) is 0 Å². The van der Waals surface area contributed by atoms with Gasteiger partial charge in [0.15, 0.2) is 9.84 Å². The number of imidazole rings is 1. The van der Waals surface area contributed by atoms with Crippen molar-refractivity contribution in [1.29, 1.82) is 0 Å². The summed E-state index contributed by atoms with van der Waals surface area (Å²) in [5.74, 6) is 0.277. The molecular formula is C13H17N3O2S. The lowest BCUT2D eigenvalue weighted by molar-refractivity contribution is 0.543. The van der Waals surface area contributed by atoms with Crippen molar-refractivity contribution in [1.82, 2.24) is 9.38 Å². The second-order valence-corrected chi connectivity index (χ2v) is 7.33. The number of sulfone groups is 1. The number of nitrogens with zero attached hydrogens (tertiary/aromatic N) is 2. The van der Waals surface area contributed by atoms with Gasteiger partial charge in [0.1, 0.15) is 10.9 Å². The highest BCUT2D eigenvalue weighted by molar-refractivity contribution is 7.91. The van der Waals surface area contributed by atoms with Crippen molar-refractivity contribution in [3.8, 4) is 0 Å². The molecule has 1 aliphatic heterocycles. The van der Waals surface area contributed by atoms with Gasteiger partial charge in [-0.1, -0.05) is 12.5 Å². The van der Waals surface area contributed by atoms with Crippen LogP contribution in [0.5, 0.6) is 0 Å². The van der Waals surface area contributed by atoms with E-state index in [2.05, 4.69) is 4.98 Å². The first-order chi connectivity index (χ1) is 9.10. The van der Waals surface area contributed by atoms with Crippen LogP contribution in [0.1, 0.15) is 35.8 Å². The SMILES string of the molecule is NCc1ccc2nc(C3CCCCS3(=O)=O)cn2c1. The Morgan fingerprint density at radius 2 is 2.16 bits per heavy atom. The van der Waals surface area contributed by atoms with Crippen molar-refractivity contribution >= 4 is 15.5 Å². The summed E-state index contributed by atoms with van der Waals surface area (Å²) in [6, 6.07) is 3.79. The van der Waals surface area contributed by atoms with Gasteiger partial charge in [0.2, 0.25) is 0 Å². The predicted octanol–water partition coefficient (Wildman–Crippen LogP) is 1.43. The first-order valence-electron chi connectivity index (χ1n) is 6.49. The predicted molar refractivity (Wildman–Crippen MR) is 73.5 cm³/mol. The highest BCUT2D eigenvalue weighted by Gasteiger charge is 2.32. The van der Waals surface area contributed by atoms with Crippen LogP contribution in [0.2, 0.25) is 0 Å². The van der Waals surface area contributed by atoms with Gasteiger partial charge in [-0.15, -0.1) is 0 Å². The van der Waals surface area contributed by atoms with E-state index in [1.54, 1.807) is 0 Å². The fraction of sp³-hybridized carbons (Fsp3) is 0.462. The van der Waals surface area contributed by atoms with Crippen molar-refractivity contribution in [3.05, 3.63) is 35.8 Å². The monoisotopic (exact) mass is 279 g/mol. The summed E-state index contributed by atoms with van der Waals surface area (Å²) in [6.07, 6.45) is 6.12. The van der Waals surface area contributed by atoms with E-state index in [0.29, 0.717) is 18.7 Å². The second kappa shape index (κ2) is 4.61. The summed E-state index contributed by atoms with van der Waals surface area (Å²) in [6.45, 7) is 0.463. The molecule has 0 spiro atoms. The Balaban J connectivity index is 2.05. The summed E-state index contributed by atoms with van der Waals surface area (Å²) in [7, 11) is -3.04. The number of fused-ring (bicyclic) bond motifs is 1. The quantitative estimate of drug-likeness (QED) is 0.902. The van der Waals surface area contributed by atoms with Crippen LogP contribution in [-0.4, -0.2) is 23.6 Å². The standard InChI is InChI=1S/C13H17N3O2S/c14-7-10-4-5-13-15-11(9-16(13)8-10)12-3-1-2-6-19(12,17)18/h4-5,8-9,12H,1-3,6-7,14H2. The first kappa shape index (κ1) is 12.6. The molecule has 19 heavy (non-hydrogen) atoms. The molecule has 1 saturated heterocycles. The lowest BCUT2D eigenvalue weighted by Gasteiger charge is -2.20. The van der Waals surface area contributed by atoms with E-state index in [-0.39, 0.29) is 5.75 Å². The van der Waals surface area contributed by atoms with E-state index in [1.165, 1.54) is 0 Å². The topological polar surface area (TPSA) is 77.5 Å². The fourth-order valence-electron chi connectivity index (χ4n) is 2.62. The molecule has 3 heterocycles. The number of rotatable bonds is 2. The van der Waals surface area contributed by atoms with Crippen LogP contribution >= 0.6 is 0 Å². The fourth-order valence-corrected chi connectivity index (χ4v) is 4.52. The van der Waals surface area contributed by atoms with Crippen LogP contribution < -0.4 is 5.73 Å². The van der Waals surface area contributed by atoms with Gasteiger partial charge in [0.05, 0.1) is 11.4 Å². The molecule has 2 aromatic heterocycles. The van der Waals surface area contributed by atoms with Crippen molar-refractivity contribution in [2.24, 2.45) is 5.73 Å². The van der Waals surface area contributed by atoms with E-state index in [4.69, 9.17) is 5.73 Å². The number of hydrogen-bond acceptors (Lipinski definition) is 4. The Hall–Kier alpha value is -1.40. The van der Waals surface area contributed by atoms with E-state index in [9.17, 15) is 8.42 Å². The smallest absolute Gasteiger partial charge is 0.158 e. The Morgan fingerprint density at radius 3 is 2.89 bits per heavy atom. The van der Waals surface area contributed by atoms with Crippen molar-refractivity contribution in [2.45, 2.75) is 31.1 Å². The zero-order valence-electron chi connectivity index (χ0n) is 10.6. The van der Waals surface area contributed by atoms with Crippen LogP contribution in [-0.2, 0) is 16.4 Å². The van der Waals surface area contributed by atoms with E-state index in [0.717, 1.165) is 24.1 Å². The molecule has 3 rings (SSSR count). The number of aromatic nitrogens is 2. The minimum Gasteiger partial charge on any atom is -0.326 e. The largest absolute Gasteiger partial charge is 0.326 e. The maximum Gasteiger partial charge on any atom is 0.158 e. The van der Waals surface area contributed by atoms with Crippen molar-refractivity contribution < 1.29 is 8.42 Å². The molecule has 2 N–H and O–H groups in total. The molecule has 5 nitrogen and oxygen atoms in total. The maximum absolute atomic E-state index is 12.1. The molecule has 2 aromatic rings. The lowest BCUT2D eigenvalue weighted by atomic mass is 10.1. The molecule has 6 heteroatoms. The Labute approximate surface area is 112 Å². The van der Waals surface area contributed by atoms with Crippen LogP contribution in [0.15, 0.2) is 24.5 Å². The number of hydrogen-bond donors (Lipinski definition) is 1. The van der Waals surface area contributed by atoms with Crippen molar-refractivity contribution in [2.75, 3.05) is 5.75 Å². The normalized spacial score (nSPS) is 22.7. The molecule has 1 unspecified atom stereocenters. The molecule has 1 atom stereocenters. The maximum atomic E-state index is 12.1. The van der Waals surface area contributed by atoms with Gasteiger partial charge in [-0.05, 0) is 24.5 Å². The van der Waals surface area contributed by atoms with Crippen LogP contribution in [0.25, 0.3) is 5.65 Å². The van der Waals surface area contributed by atoms with Crippen molar-refractivity contribution in [3.63, 3.8) is 0 Å². The molecule has 1 fully saturated rings. The molecular weight excluding hydrogens is 262 g/mol. The molecule has 0 aliphatic carbocycles. The molecule has 0 saturated carbocycles. The summed E-state index contributed by atoms with van der Waals surface area (Å²) >= 11 is 0. The number of nitrogens with two attached hydrogens (primary N) is 1. The van der Waals surface area contributed by atoms with Gasteiger partial charge in [0.25, 0.3) is 0 Å². The van der Waals surface area contributed by atoms with Gasteiger partial charge >= 0.3 is 0 Å². The third-order valence-corrected chi connectivity index (χ3v) is 5.88. The third kappa shape index (κ3) is 2.26. The van der Waals surface area contributed by atoms with Gasteiger partial charge in [-0.3, -0.25) is 0 Å². The second-order valence-electron chi connectivity index (χ2n) is 5.02. The first-order valence-corrected chi connectivity index (χ1v) is 8.21. The molecule has 102 valence electrons. The Morgan fingerprint density at radius 1 is 1.32 bits per heavy atom. The van der Waals surface area contributed by atoms with E-state index >= 15 is 0 Å². The van der Waals surface area contributed by atoms with Crippen LogP contribution in [0.4, 0.5) is 0 Å².